The van der Waals surface area contributed by atoms with Crippen LogP contribution in [0.5, 0.6) is 0 Å². The molecule has 1 aromatic carbocycles. The molecule has 110 valence electrons. The van der Waals surface area contributed by atoms with E-state index in [1.54, 1.807) is 0 Å². The molecule has 1 heterocycles. The van der Waals surface area contributed by atoms with Crippen LogP contribution in [0.3, 0.4) is 0 Å². The largest absolute Gasteiger partial charge is 0.368 e. The van der Waals surface area contributed by atoms with Gasteiger partial charge in [0.05, 0.1) is 6.61 Å². The Morgan fingerprint density at radius 1 is 1.30 bits per heavy atom. The molecule has 0 radical (unpaired) electrons. The summed E-state index contributed by atoms with van der Waals surface area (Å²) in [6.45, 7) is 8.77. The number of aryl methyl sites for hydroxylation is 1. The van der Waals surface area contributed by atoms with Gasteiger partial charge in [0, 0.05) is 25.6 Å². The maximum atomic E-state index is 12.3. The van der Waals surface area contributed by atoms with Crippen molar-refractivity contribution in [3.05, 3.63) is 35.4 Å². The fraction of sp³-hybridized carbons (Fsp3) is 0.588. The molecule has 1 aliphatic heterocycles. The number of carbonyl (C=O) groups excluding carboxylic acids is 1. The molecule has 2 rings (SSSR count). The number of carbonyl (C=O) groups is 1. The van der Waals surface area contributed by atoms with Gasteiger partial charge in [0.2, 0.25) is 0 Å². The number of morpholine rings is 1. The highest BCUT2D eigenvalue weighted by atomic mass is 16.5. The van der Waals surface area contributed by atoms with Crippen molar-refractivity contribution in [1.82, 2.24) is 4.90 Å². The van der Waals surface area contributed by atoms with Crippen molar-refractivity contribution in [2.45, 2.75) is 45.8 Å². The molecule has 0 bridgehead atoms. The van der Waals surface area contributed by atoms with Crippen molar-refractivity contribution < 1.29 is 9.53 Å². The van der Waals surface area contributed by atoms with Gasteiger partial charge in [-0.05, 0) is 31.4 Å². The maximum absolute atomic E-state index is 12.3. The van der Waals surface area contributed by atoms with E-state index in [-0.39, 0.29) is 11.9 Å². The second-order valence-corrected chi connectivity index (χ2v) is 5.76. The minimum atomic E-state index is -0.267. The molecule has 0 saturated carbocycles. The third kappa shape index (κ3) is 3.90. The van der Waals surface area contributed by atoms with Gasteiger partial charge in [-0.1, -0.05) is 31.2 Å². The van der Waals surface area contributed by atoms with E-state index in [2.05, 4.69) is 49.9 Å². The molecule has 1 fully saturated rings. The van der Waals surface area contributed by atoms with Crippen molar-refractivity contribution in [1.29, 1.82) is 0 Å². The first kappa shape index (κ1) is 15.2. The highest BCUT2D eigenvalue weighted by Gasteiger charge is 2.27. The molecule has 1 aromatic rings. The lowest BCUT2D eigenvalue weighted by atomic mass is 10.0. The van der Waals surface area contributed by atoms with Gasteiger partial charge < -0.3 is 4.74 Å². The van der Waals surface area contributed by atoms with Crippen LogP contribution in [0, 0.1) is 0 Å². The summed E-state index contributed by atoms with van der Waals surface area (Å²) in [5, 5.41) is 0. The first-order valence-corrected chi connectivity index (χ1v) is 7.56. The average Bonchev–Trinajstić information content (AvgIpc) is 2.48. The summed E-state index contributed by atoms with van der Waals surface area (Å²) in [5.74, 6) is 0.194. The molecule has 3 nitrogen and oxygen atoms in total. The second kappa shape index (κ2) is 7.00. The van der Waals surface area contributed by atoms with Gasteiger partial charge in [0.25, 0.3) is 0 Å². The zero-order chi connectivity index (χ0) is 14.5. The van der Waals surface area contributed by atoms with Crippen molar-refractivity contribution in [2.75, 3.05) is 19.7 Å². The van der Waals surface area contributed by atoms with E-state index < -0.39 is 0 Å². The van der Waals surface area contributed by atoms with E-state index in [0.717, 1.165) is 25.1 Å². The molecule has 0 spiro atoms. The van der Waals surface area contributed by atoms with Crippen LogP contribution in [-0.4, -0.2) is 42.5 Å². The van der Waals surface area contributed by atoms with E-state index in [0.29, 0.717) is 19.1 Å². The minimum Gasteiger partial charge on any atom is -0.368 e. The summed E-state index contributed by atoms with van der Waals surface area (Å²) in [4.78, 5) is 14.7. The number of nitrogens with zero attached hydrogens (tertiary/aromatic N) is 1. The van der Waals surface area contributed by atoms with E-state index in [4.69, 9.17) is 4.74 Å². The molecule has 0 N–H and O–H groups in total. The van der Waals surface area contributed by atoms with Gasteiger partial charge in [-0.25, -0.2) is 0 Å². The molecule has 3 heteroatoms. The van der Waals surface area contributed by atoms with Crippen LogP contribution in [0.25, 0.3) is 0 Å². The van der Waals surface area contributed by atoms with Crippen LogP contribution in [0.2, 0.25) is 0 Å². The SMILES string of the molecule is CCc1ccc(CC(=O)C2CN(C(C)C)CCO2)cc1. The third-order valence-corrected chi connectivity index (χ3v) is 4.00. The first-order valence-electron chi connectivity index (χ1n) is 7.56. The van der Waals surface area contributed by atoms with Crippen molar-refractivity contribution >= 4 is 5.78 Å². The van der Waals surface area contributed by atoms with Crippen LogP contribution >= 0.6 is 0 Å². The summed E-state index contributed by atoms with van der Waals surface area (Å²) in [6, 6.07) is 8.78. The lowest BCUT2D eigenvalue weighted by Crippen LogP contribution is -2.49. The summed E-state index contributed by atoms with van der Waals surface area (Å²) in [6.07, 6.45) is 1.24. The van der Waals surface area contributed by atoms with Crippen molar-refractivity contribution in [3.63, 3.8) is 0 Å². The number of rotatable bonds is 5. The average molecular weight is 275 g/mol. The Morgan fingerprint density at radius 3 is 2.55 bits per heavy atom. The Kier molecular flexibility index (Phi) is 5.32. The monoisotopic (exact) mass is 275 g/mol. The lowest BCUT2D eigenvalue weighted by molar-refractivity contribution is -0.136. The zero-order valence-electron chi connectivity index (χ0n) is 12.8. The van der Waals surface area contributed by atoms with Gasteiger partial charge in [0.1, 0.15) is 6.10 Å². The van der Waals surface area contributed by atoms with Crippen molar-refractivity contribution in [3.8, 4) is 0 Å². The first-order chi connectivity index (χ1) is 9.60. The summed E-state index contributed by atoms with van der Waals surface area (Å²) in [7, 11) is 0. The number of ether oxygens (including phenoxy) is 1. The predicted octanol–water partition coefficient (Wildman–Crippen LogP) is 2.47. The van der Waals surface area contributed by atoms with Crippen LogP contribution in [0.4, 0.5) is 0 Å². The zero-order valence-corrected chi connectivity index (χ0v) is 12.8. The van der Waals surface area contributed by atoms with Crippen LogP contribution in [-0.2, 0) is 22.4 Å². The highest BCUT2D eigenvalue weighted by Crippen LogP contribution is 2.13. The number of hydrogen-bond acceptors (Lipinski definition) is 3. The summed E-state index contributed by atoms with van der Waals surface area (Å²) < 4.78 is 5.65. The fourth-order valence-electron chi connectivity index (χ4n) is 2.54. The van der Waals surface area contributed by atoms with Gasteiger partial charge in [-0.3, -0.25) is 9.69 Å². The Hall–Kier alpha value is -1.19. The second-order valence-electron chi connectivity index (χ2n) is 5.76. The molecule has 0 amide bonds. The molecular weight excluding hydrogens is 250 g/mol. The summed E-state index contributed by atoms with van der Waals surface area (Å²) in [5.41, 5.74) is 2.39. The van der Waals surface area contributed by atoms with Crippen LogP contribution in [0.15, 0.2) is 24.3 Å². The normalized spacial score (nSPS) is 20.3. The summed E-state index contributed by atoms with van der Waals surface area (Å²) >= 11 is 0. The van der Waals surface area contributed by atoms with Gasteiger partial charge in [0.15, 0.2) is 5.78 Å². The molecule has 1 aliphatic rings. The smallest absolute Gasteiger partial charge is 0.167 e. The van der Waals surface area contributed by atoms with Crippen LogP contribution < -0.4 is 0 Å². The Bertz CT molecular complexity index is 439. The molecule has 0 aromatic heterocycles. The van der Waals surface area contributed by atoms with Crippen LogP contribution in [0.1, 0.15) is 31.9 Å². The Morgan fingerprint density at radius 2 is 1.95 bits per heavy atom. The number of benzene rings is 1. The molecule has 1 atom stereocenters. The Labute approximate surface area is 121 Å². The van der Waals surface area contributed by atoms with Crippen molar-refractivity contribution in [2.24, 2.45) is 0 Å². The topological polar surface area (TPSA) is 29.5 Å². The maximum Gasteiger partial charge on any atom is 0.167 e. The molecule has 1 saturated heterocycles. The van der Waals surface area contributed by atoms with E-state index in [1.165, 1.54) is 5.56 Å². The molecular formula is C17H25NO2. The fourth-order valence-corrected chi connectivity index (χ4v) is 2.54. The lowest BCUT2D eigenvalue weighted by Gasteiger charge is -2.34. The predicted molar refractivity (Wildman–Crippen MR) is 81.0 cm³/mol. The molecule has 1 unspecified atom stereocenters. The molecule has 0 aliphatic carbocycles. The van der Waals surface area contributed by atoms with Gasteiger partial charge >= 0.3 is 0 Å². The number of ketones is 1. The Balaban J connectivity index is 1.93. The number of hydrogen-bond donors (Lipinski definition) is 0. The standard InChI is InChI=1S/C17H25NO2/c1-4-14-5-7-15(8-6-14)11-16(19)17-12-18(13(2)3)9-10-20-17/h5-8,13,17H,4,9-12H2,1-3H3. The van der Waals surface area contributed by atoms with E-state index in [1.807, 2.05) is 0 Å². The number of Topliss-reactive ketones (excluding diaryl/α,β-unsaturated/α-hetero) is 1. The van der Waals surface area contributed by atoms with Gasteiger partial charge in [-0.15, -0.1) is 0 Å². The van der Waals surface area contributed by atoms with E-state index in [9.17, 15) is 4.79 Å². The minimum absolute atomic E-state index is 0.194. The molecule has 20 heavy (non-hydrogen) atoms. The quantitative estimate of drug-likeness (QED) is 0.827. The highest BCUT2D eigenvalue weighted by molar-refractivity contribution is 5.85. The van der Waals surface area contributed by atoms with E-state index >= 15 is 0 Å². The third-order valence-electron chi connectivity index (χ3n) is 4.00. The van der Waals surface area contributed by atoms with Gasteiger partial charge in [-0.2, -0.15) is 0 Å².